The second-order valence-corrected chi connectivity index (χ2v) is 11.3. The quantitative estimate of drug-likeness (QED) is 0.300. The fourth-order valence-electron chi connectivity index (χ4n) is 5.28. The number of halogens is 1. The molecule has 0 unspecified atom stereocenters. The number of hydrogen-bond donors (Lipinski definition) is 1. The van der Waals surface area contributed by atoms with Crippen molar-refractivity contribution in [3.8, 4) is 11.5 Å². The van der Waals surface area contributed by atoms with Crippen LogP contribution >= 0.6 is 22.6 Å². The SMILES string of the molecule is CC[C@@H](NC(=O)c1ccc(CC2CCN(Cc3ccc4c(c3)OCCO4)CC2)cc1)c1ccc(I)cc1. The van der Waals surface area contributed by atoms with Gasteiger partial charge in [-0.2, -0.15) is 0 Å². The number of fused-ring (bicyclic) bond motifs is 1. The number of nitrogens with zero attached hydrogens (tertiary/aromatic N) is 1. The molecule has 0 aliphatic carbocycles. The predicted octanol–water partition coefficient (Wildman–Crippen LogP) is 6.40. The van der Waals surface area contributed by atoms with E-state index in [1.165, 1.54) is 27.5 Å². The van der Waals surface area contributed by atoms with Crippen molar-refractivity contribution in [2.24, 2.45) is 5.92 Å². The van der Waals surface area contributed by atoms with Crippen molar-refractivity contribution >= 4 is 28.5 Å². The number of carbonyl (C=O) groups is 1. The Morgan fingerprint density at radius 3 is 2.32 bits per heavy atom. The van der Waals surface area contributed by atoms with Crippen LogP contribution in [0.5, 0.6) is 11.5 Å². The molecule has 0 saturated carbocycles. The van der Waals surface area contributed by atoms with Gasteiger partial charge in [-0.25, -0.2) is 0 Å². The minimum absolute atomic E-state index is 0.00982. The summed E-state index contributed by atoms with van der Waals surface area (Å²) in [5.41, 5.74) is 4.46. The molecule has 1 amide bonds. The van der Waals surface area contributed by atoms with Crippen molar-refractivity contribution in [2.75, 3.05) is 26.3 Å². The molecule has 0 radical (unpaired) electrons. The molecule has 0 bridgehead atoms. The Hall–Kier alpha value is -2.58. The molecule has 0 spiro atoms. The maximum Gasteiger partial charge on any atom is 0.251 e. The largest absolute Gasteiger partial charge is 0.486 e. The van der Waals surface area contributed by atoms with Crippen LogP contribution in [0.1, 0.15) is 59.3 Å². The molecule has 5 rings (SSSR count). The topological polar surface area (TPSA) is 50.8 Å². The lowest BCUT2D eigenvalue weighted by molar-refractivity contribution is 0.0935. The summed E-state index contributed by atoms with van der Waals surface area (Å²) in [6.07, 6.45) is 4.32. The van der Waals surface area contributed by atoms with E-state index in [2.05, 4.69) is 88.3 Å². The van der Waals surface area contributed by atoms with Gasteiger partial charge in [-0.1, -0.05) is 37.3 Å². The molecule has 5 nitrogen and oxygen atoms in total. The summed E-state index contributed by atoms with van der Waals surface area (Å²) in [6, 6.07) is 22.9. The maximum atomic E-state index is 12.9. The molecular weight excluding hydrogens is 575 g/mol. The lowest BCUT2D eigenvalue weighted by atomic mass is 9.89. The Kier molecular flexibility index (Phi) is 8.66. The predicted molar refractivity (Wildman–Crippen MR) is 155 cm³/mol. The summed E-state index contributed by atoms with van der Waals surface area (Å²) in [7, 11) is 0. The highest BCUT2D eigenvalue weighted by atomic mass is 127. The number of amides is 1. The summed E-state index contributed by atoms with van der Waals surface area (Å²) in [5.74, 6) is 2.40. The summed E-state index contributed by atoms with van der Waals surface area (Å²) >= 11 is 2.30. The molecule has 3 aromatic carbocycles. The van der Waals surface area contributed by atoms with Crippen LogP contribution in [0.3, 0.4) is 0 Å². The molecule has 1 saturated heterocycles. The van der Waals surface area contributed by atoms with Crippen LogP contribution in [0.4, 0.5) is 0 Å². The van der Waals surface area contributed by atoms with Gasteiger partial charge in [0.1, 0.15) is 13.2 Å². The molecule has 1 atom stereocenters. The second-order valence-electron chi connectivity index (χ2n) is 10.1. The first-order valence-electron chi connectivity index (χ1n) is 13.3. The third kappa shape index (κ3) is 6.85. The van der Waals surface area contributed by atoms with Gasteiger partial charge < -0.3 is 14.8 Å². The van der Waals surface area contributed by atoms with E-state index in [0.717, 1.165) is 55.1 Å². The lowest BCUT2D eigenvalue weighted by Gasteiger charge is -2.32. The molecule has 0 aromatic heterocycles. The molecular formula is C31H35IN2O3. The first-order valence-corrected chi connectivity index (χ1v) is 14.4. The van der Waals surface area contributed by atoms with Gasteiger partial charge in [0.05, 0.1) is 6.04 Å². The van der Waals surface area contributed by atoms with Crippen LogP contribution in [-0.4, -0.2) is 37.1 Å². The van der Waals surface area contributed by atoms with Crippen LogP contribution in [0.25, 0.3) is 0 Å². The third-order valence-electron chi connectivity index (χ3n) is 7.45. The summed E-state index contributed by atoms with van der Waals surface area (Å²) in [5, 5.41) is 3.20. The Balaban J connectivity index is 1.09. The van der Waals surface area contributed by atoms with Crippen molar-refractivity contribution in [3.05, 3.63) is 92.6 Å². The molecule has 6 heteroatoms. The smallest absolute Gasteiger partial charge is 0.251 e. The molecule has 1 fully saturated rings. The van der Waals surface area contributed by atoms with Gasteiger partial charge in [0.15, 0.2) is 11.5 Å². The van der Waals surface area contributed by atoms with Gasteiger partial charge in [0.2, 0.25) is 0 Å². The molecule has 2 aliphatic rings. The highest BCUT2D eigenvalue weighted by Gasteiger charge is 2.21. The Labute approximate surface area is 233 Å². The first-order chi connectivity index (χ1) is 18.1. The van der Waals surface area contributed by atoms with E-state index >= 15 is 0 Å². The fraction of sp³-hybridized carbons (Fsp3) is 0.387. The average Bonchev–Trinajstić information content (AvgIpc) is 2.93. The highest BCUT2D eigenvalue weighted by Crippen LogP contribution is 2.32. The zero-order valence-corrected chi connectivity index (χ0v) is 23.6. The van der Waals surface area contributed by atoms with Gasteiger partial charge in [0.25, 0.3) is 5.91 Å². The zero-order valence-electron chi connectivity index (χ0n) is 21.4. The number of rotatable bonds is 8. The van der Waals surface area contributed by atoms with Crippen LogP contribution in [0.15, 0.2) is 66.7 Å². The van der Waals surface area contributed by atoms with E-state index in [4.69, 9.17) is 9.47 Å². The molecule has 2 heterocycles. The van der Waals surface area contributed by atoms with Gasteiger partial charge in [-0.15, -0.1) is 0 Å². The first kappa shape index (κ1) is 26.0. The van der Waals surface area contributed by atoms with Crippen LogP contribution in [-0.2, 0) is 13.0 Å². The minimum Gasteiger partial charge on any atom is -0.486 e. The molecule has 2 aliphatic heterocycles. The number of piperidine rings is 1. The second kappa shape index (κ2) is 12.3. The van der Waals surface area contributed by atoms with E-state index in [0.29, 0.717) is 19.1 Å². The Morgan fingerprint density at radius 1 is 0.946 bits per heavy atom. The zero-order chi connectivity index (χ0) is 25.6. The summed E-state index contributed by atoms with van der Waals surface area (Å²) in [6.45, 7) is 6.53. The van der Waals surface area contributed by atoms with Crippen molar-refractivity contribution in [2.45, 2.75) is 45.2 Å². The van der Waals surface area contributed by atoms with E-state index in [1.54, 1.807) is 0 Å². The lowest BCUT2D eigenvalue weighted by Crippen LogP contribution is -2.33. The van der Waals surface area contributed by atoms with Crippen LogP contribution in [0.2, 0.25) is 0 Å². The highest BCUT2D eigenvalue weighted by molar-refractivity contribution is 14.1. The van der Waals surface area contributed by atoms with Gasteiger partial charge in [0, 0.05) is 15.7 Å². The van der Waals surface area contributed by atoms with Gasteiger partial charge in [-0.05, 0) is 120 Å². The number of carbonyl (C=O) groups excluding carboxylic acids is 1. The monoisotopic (exact) mass is 610 g/mol. The van der Waals surface area contributed by atoms with E-state index in [1.807, 2.05) is 18.2 Å². The Morgan fingerprint density at radius 2 is 1.62 bits per heavy atom. The van der Waals surface area contributed by atoms with E-state index in [9.17, 15) is 4.79 Å². The molecule has 3 aromatic rings. The van der Waals surface area contributed by atoms with Crippen LogP contribution < -0.4 is 14.8 Å². The Bertz CT molecular complexity index is 1190. The van der Waals surface area contributed by atoms with Crippen molar-refractivity contribution in [1.29, 1.82) is 0 Å². The standard InChI is InChI=1S/C31H35IN2O3/c1-2-28(25-8-10-27(32)11-9-25)33-31(35)26-6-3-22(4-7-26)19-23-13-15-34(16-14-23)21-24-5-12-29-30(20-24)37-18-17-36-29/h3-12,20,23,28H,2,13-19,21H2,1H3,(H,33,35)/t28-/m1/s1. The molecule has 1 N–H and O–H groups in total. The number of ether oxygens (including phenoxy) is 2. The van der Waals surface area contributed by atoms with Gasteiger partial charge >= 0.3 is 0 Å². The van der Waals surface area contributed by atoms with E-state index in [-0.39, 0.29) is 11.9 Å². The normalized spacial score (nSPS) is 16.8. The number of likely N-dealkylation sites (tertiary alicyclic amines) is 1. The third-order valence-corrected chi connectivity index (χ3v) is 8.17. The molecule has 37 heavy (non-hydrogen) atoms. The minimum atomic E-state index is -0.00982. The summed E-state index contributed by atoms with van der Waals surface area (Å²) < 4.78 is 12.6. The number of benzene rings is 3. The van der Waals surface area contributed by atoms with Crippen LogP contribution in [0, 0.1) is 9.49 Å². The molecule has 194 valence electrons. The fourth-order valence-corrected chi connectivity index (χ4v) is 5.64. The van der Waals surface area contributed by atoms with Gasteiger partial charge in [-0.3, -0.25) is 9.69 Å². The van der Waals surface area contributed by atoms with Crippen molar-refractivity contribution in [1.82, 2.24) is 10.2 Å². The van der Waals surface area contributed by atoms with Crippen molar-refractivity contribution in [3.63, 3.8) is 0 Å². The number of nitrogens with one attached hydrogen (secondary N) is 1. The van der Waals surface area contributed by atoms with Crippen molar-refractivity contribution < 1.29 is 14.3 Å². The maximum absolute atomic E-state index is 12.9. The summed E-state index contributed by atoms with van der Waals surface area (Å²) in [4.78, 5) is 15.4. The van der Waals surface area contributed by atoms with E-state index < -0.39 is 0 Å². The average molecular weight is 611 g/mol. The number of hydrogen-bond acceptors (Lipinski definition) is 4.